The molecule has 4 aliphatic rings. The van der Waals surface area contributed by atoms with Crippen LogP contribution in [0.5, 0.6) is 11.6 Å². The molecule has 1 aromatic carbocycles. The number of benzene rings is 1. The lowest BCUT2D eigenvalue weighted by atomic mass is 9.92. The molecule has 9 rings (SSSR count). The van der Waals surface area contributed by atoms with Crippen molar-refractivity contribution in [2.75, 3.05) is 67.6 Å². The number of pyridine rings is 1. The smallest absolute Gasteiger partial charge is 0.254 e. The second-order valence-electron chi connectivity index (χ2n) is 19.0. The zero-order chi connectivity index (χ0) is 46.8. The first-order chi connectivity index (χ1) is 33.3. The Morgan fingerprint density at radius 3 is 2.41 bits per heavy atom. The standard InChI is InChI=1S/C51H65ClN12O4/c1-2-38-32-58-64-46(26-47(60-49(38)64)63-19-4-3-5-42(63)18-24-65)54-28-37-6-13-48(55-29-37)67-34-36-14-20-61(21-15-36)33-35-16-22-62(23-17-35)51-56-30-40(31-57-51)50(66)59-41-8-11-43(12-9-41)68-44-10-7-39(27-53)45(52)25-44/h6-7,10,13,25-26,29-32,35-36,41-43,54,65H,2-5,8-9,11-12,14-24,28,33-34H2,1H3,(H,59,66)/t41?,42-,43?/m0/s1. The number of piperidine rings is 3. The molecular formula is C51H65ClN12O4. The molecule has 0 bridgehead atoms. The lowest BCUT2D eigenvalue weighted by Crippen LogP contribution is -2.42. The lowest BCUT2D eigenvalue weighted by molar-refractivity contribution is 0.0893. The number of nitrogens with zero attached hydrogens (tertiary/aromatic N) is 10. The number of fused-ring (bicyclic) bond motifs is 1. The average molecular weight is 946 g/mol. The topological polar surface area (TPSA) is 182 Å². The summed E-state index contributed by atoms with van der Waals surface area (Å²) in [5.41, 5.74) is 3.95. The molecule has 5 aromatic rings. The van der Waals surface area contributed by atoms with Crippen LogP contribution in [0.2, 0.25) is 5.02 Å². The quantitative estimate of drug-likeness (QED) is 0.0834. The number of rotatable bonds is 17. The fraction of sp³-hybridized carbons (Fsp3) is 0.549. The van der Waals surface area contributed by atoms with Gasteiger partial charge in [-0.15, -0.1) is 0 Å². The van der Waals surface area contributed by atoms with Gasteiger partial charge in [0.15, 0.2) is 5.65 Å². The SMILES string of the molecule is CCc1cnn2c(NCc3ccc(OCC4CCN(CC5CCN(c6ncc(C(=O)NC7CCC(Oc8ccc(C#N)c(Cl)c8)CC7)cn6)CC5)CC4)nc3)cc(N3CCCC[C@H]3CCO)nc12. The summed E-state index contributed by atoms with van der Waals surface area (Å²) in [5, 5.41) is 30.7. The van der Waals surface area contributed by atoms with Crippen LogP contribution in [0.4, 0.5) is 17.6 Å². The van der Waals surface area contributed by atoms with E-state index in [1.807, 2.05) is 23.0 Å². The van der Waals surface area contributed by atoms with E-state index in [-0.39, 0.29) is 30.7 Å². The predicted octanol–water partition coefficient (Wildman–Crippen LogP) is 7.48. The average Bonchev–Trinajstić information content (AvgIpc) is 3.80. The number of nitriles is 1. The summed E-state index contributed by atoms with van der Waals surface area (Å²) in [7, 11) is 0. The minimum absolute atomic E-state index is 0.0401. The van der Waals surface area contributed by atoms with E-state index in [2.05, 4.69) is 70.5 Å². The molecule has 4 fully saturated rings. The van der Waals surface area contributed by atoms with Gasteiger partial charge in [0.05, 0.1) is 35.1 Å². The first kappa shape index (κ1) is 47.3. The van der Waals surface area contributed by atoms with Gasteiger partial charge in [0, 0.05) is 93.8 Å². The monoisotopic (exact) mass is 944 g/mol. The first-order valence-corrected chi connectivity index (χ1v) is 25.2. The summed E-state index contributed by atoms with van der Waals surface area (Å²) in [5.74, 6) is 4.84. The van der Waals surface area contributed by atoms with Gasteiger partial charge >= 0.3 is 0 Å². The third kappa shape index (κ3) is 11.7. The zero-order valence-electron chi connectivity index (χ0n) is 39.2. The minimum atomic E-state index is -0.148. The maximum absolute atomic E-state index is 13.1. The van der Waals surface area contributed by atoms with Gasteiger partial charge < -0.3 is 39.9 Å². The molecule has 3 saturated heterocycles. The number of aliphatic hydroxyl groups excluding tert-OH is 1. The number of aliphatic hydroxyl groups is 1. The van der Waals surface area contributed by atoms with Crippen molar-refractivity contribution in [3.63, 3.8) is 0 Å². The first-order valence-electron chi connectivity index (χ1n) is 24.9. The molecule has 4 aromatic heterocycles. The summed E-state index contributed by atoms with van der Waals surface area (Å²) in [6.45, 7) is 9.63. The second kappa shape index (κ2) is 22.6. The van der Waals surface area contributed by atoms with Crippen molar-refractivity contribution < 1.29 is 19.4 Å². The number of amides is 1. The van der Waals surface area contributed by atoms with Crippen LogP contribution in [0.1, 0.15) is 111 Å². The number of aromatic nitrogens is 6. The molecule has 7 heterocycles. The Morgan fingerprint density at radius 2 is 1.69 bits per heavy atom. The molecule has 1 amide bonds. The Morgan fingerprint density at radius 1 is 0.897 bits per heavy atom. The van der Waals surface area contributed by atoms with Crippen molar-refractivity contribution in [1.29, 1.82) is 5.26 Å². The largest absolute Gasteiger partial charge is 0.490 e. The number of ether oxygens (including phenoxy) is 2. The van der Waals surface area contributed by atoms with Gasteiger partial charge in [-0.25, -0.2) is 19.9 Å². The highest BCUT2D eigenvalue weighted by Gasteiger charge is 2.29. The van der Waals surface area contributed by atoms with Gasteiger partial charge in [0.25, 0.3) is 5.91 Å². The number of nitrogens with one attached hydrogen (secondary N) is 2. The molecule has 3 aliphatic heterocycles. The normalized spacial score (nSPS) is 20.8. The fourth-order valence-electron chi connectivity index (χ4n) is 10.3. The van der Waals surface area contributed by atoms with Gasteiger partial charge in [-0.3, -0.25) is 4.79 Å². The van der Waals surface area contributed by atoms with Crippen molar-refractivity contribution in [3.05, 3.63) is 88.5 Å². The van der Waals surface area contributed by atoms with Gasteiger partial charge in [-0.05, 0) is 126 Å². The molecule has 1 atom stereocenters. The van der Waals surface area contributed by atoms with Crippen LogP contribution >= 0.6 is 11.6 Å². The van der Waals surface area contributed by atoms with E-state index < -0.39 is 0 Å². The molecule has 17 heteroatoms. The van der Waals surface area contributed by atoms with E-state index in [9.17, 15) is 9.90 Å². The Labute approximate surface area is 404 Å². The van der Waals surface area contributed by atoms with E-state index >= 15 is 0 Å². The molecule has 360 valence electrons. The Kier molecular flexibility index (Phi) is 15.7. The minimum Gasteiger partial charge on any atom is -0.490 e. The van der Waals surface area contributed by atoms with Gasteiger partial charge in [0.2, 0.25) is 11.8 Å². The molecule has 1 aliphatic carbocycles. The molecule has 68 heavy (non-hydrogen) atoms. The maximum atomic E-state index is 13.1. The summed E-state index contributed by atoms with van der Waals surface area (Å²) < 4.78 is 14.2. The third-order valence-electron chi connectivity index (χ3n) is 14.4. The Balaban J connectivity index is 0.663. The molecule has 0 radical (unpaired) electrons. The second-order valence-corrected chi connectivity index (χ2v) is 19.5. The van der Waals surface area contributed by atoms with Crippen LogP contribution in [0, 0.1) is 23.2 Å². The van der Waals surface area contributed by atoms with Crippen LogP contribution in [0.15, 0.2) is 61.2 Å². The molecular weight excluding hydrogens is 880 g/mol. The molecule has 16 nitrogen and oxygen atoms in total. The van der Waals surface area contributed by atoms with Crippen LogP contribution in [-0.2, 0) is 13.0 Å². The van der Waals surface area contributed by atoms with Crippen molar-refractivity contribution in [2.45, 2.75) is 115 Å². The van der Waals surface area contributed by atoms with Crippen molar-refractivity contribution in [2.24, 2.45) is 11.8 Å². The number of halogens is 1. The van der Waals surface area contributed by atoms with E-state index in [4.69, 9.17) is 31.3 Å². The fourth-order valence-corrected chi connectivity index (χ4v) is 10.5. The summed E-state index contributed by atoms with van der Waals surface area (Å²) in [4.78, 5) is 39.3. The number of hydrogen-bond donors (Lipinski definition) is 3. The molecule has 0 unspecified atom stereocenters. The van der Waals surface area contributed by atoms with Crippen molar-refractivity contribution >= 4 is 40.7 Å². The lowest BCUT2D eigenvalue weighted by Gasteiger charge is -2.37. The van der Waals surface area contributed by atoms with Crippen molar-refractivity contribution in [3.8, 4) is 17.7 Å². The van der Waals surface area contributed by atoms with Gasteiger partial charge in [-0.1, -0.05) is 24.6 Å². The highest BCUT2D eigenvalue weighted by molar-refractivity contribution is 6.31. The van der Waals surface area contributed by atoms with Gasteiger partial charge in [0.1, 0.15) is 23.5 Å². The van der Waals surface area contributed by atoms with Crippen LogP contribution < -0.4 is 29.9 Å². The van der Waals surface area contributed by atoms with E-state index in [1.54, 1.807) is 30.6 Å². The number of anilines is 3. The maximum Gasteiger partial charge on any atom is 0.254 e. The Hall–Kier alpha value is -5.76. The summed E-state index contributed by atoms with van der Waals surface area (Å²) in [6.07, 6.45) is 19.8. The van der Waals surface area contributed by atoms with Crippen LogP contribution in [-0.4, -0.2) is 116 Å². The van der Waals surface area contributed by atoms with Crippen LogP contribution in [0.25, 0.3) is 5.65 Å². The number of carbonyl (C=O) groups is 1. The van der Waals surface area contributed by atoms with E-state index in [0.29, 0.717) is 58.7 Å². The summed E-state index contributed by atoms with van der Waals surface area (Å²) in [6, 6.07) is 13.7. The summed E-state index contributed by atoms with van der Waals surface area (Å²) >= 11 is 6.17. The highest BCUT2D eigenvalue weighted by Crippen LogP contribution is 2.31. The van der Waals surface area contributed by atoms with Crippen LogP contribution in [0.3, 0.4) is 0 Å². The van der Waals surface area contributed by atoms with Crippen molar-refractivity contribution in [1.82, 2.24) is 39.8 Å². The molecule has 3 N–H and O–H groups in total. The third-order valence-corrected chi connectivity index (χ3v) is 14.7. The van der Waals surface area contributed by atoms with E-state index in [0.717, 1.165) is 145 Å². The predicted molar refractivity (Wildman–Crippen MR) is 263 cm³/mol. The zero-order valence-corrected chi connectivity index (χ0v) is 40.0. The number of likely N-dealkylation sites (tertiary alicyclic amines) is 1. The molecule has 0 spiro atoms. The number of carbonyl (C=O) groups excluding carboxylic acids is 1. The number of aryl methyl sites for hydroxylation is 1. The molecule has 1 saturated carbocycles. The van der Waals surface area contributed by atoms with Gasteiger partial charge in [-0.2, -0.15) is 14.9 Å². The highest BCUT2D eigenvalue weighted by atomic mass is 35.5. The number of hydrogen-bond acceptors (Lipinski definition) is 14. The Bertz CT molecular complexity index is 2470. The van der Waals surface area contributed by atoms with E-state index in [1.165, 1.54) is 6.42 Å².